The van der Waals surface area contributed by atoms with Gasteiger partial charge in [-0.25, -0.2) is 18.6 Å². The number of nitrogens with zero attached hydrogens (tertiary/aromatic N) is 6. The molecule has 1 aliphatic heterocycles. The van der Waals surface area contributed by atoms with Gasteiger partial charge in [0, 0.05) is 34.9 Å². The first kappa shape index (κ1) is 36.9. The highest BCUT2D eigenvalue weighted by atomic mass is 32.1. The number of hydrogen-bond acceptors (Lipinski definition) is 11. The Morgan fingerprint density at radius 3 is 2.55 bits per heavy atom. The van der Waals surface area contributed by atoms with Crippen LogP contribution >= 0.6 is 11.3 Å². The number of esters is 1. The molecule has 0 saturated carbocycles. The number of rotatable bonds is 13. The van der Waals surface area contributed by atoms with E-state index in [2.05, 4.69) is 21.5 Å². The monoisotopic (exact) mass is 716 g/mol. The van der Waals surface area contributed by atoms with E-state index in [-0.39, 0.29) is 25.3 Å². The van der Waals surface area contributed by atoms with Gasteiger partial charge in [-0.2, -0.15) is 10.3 Å². The lowest BCUT2D eigenvalue weighted by Gasteiger charge is -2.38. The molecule has 0 fully saturated rings. The highest BCUT2D eigenvalue weighted by molar-refractivity contribution is 7.10. The van der Waals surface area contributed by atoms with Crippen LogP contribution in [0.4, 0.5) is 19.3 Å². The number of amides is 1. The predicted octanol–water partition coefficient (Wildman–Crippen LogP) is 6.13. The fraction of sp³-hybridized carbons (Fsp3) is 0.278. The second-order valence-electron chi connectivity index (χ2n) is 12.2. The van der Waals surface area contributed by atoms with E-state index in [0.29, 0.717) is 27.5 Å². The fourth-order valence-corrected chi connectivity index (χ4v) is 6.68. The van der Waals surface area contributed by atoms with Crippen molar-refractivity contribution < 1.29 is 37.5 Å². The van der Waals surface area contributed by atoms with Crippen LogP contribution in [-0.4, -0.2) is 78.1 Å². The van der Waals surface area contributed by atoms with Crippen LogP contribution in [0.1, 0.15) is 47.7 Å². The Morgan fingerprint density at radius 1 is 1.14 bits per heavy atom. The number of aliphatic hydroxyl groups is 1. The van der Waals surface area contributed by atoms with Gasteiger partial charge in [-0.15, -0.1) is 15.9 Å². The van der Waals surface area contributed by atoms with Crippen molar-refractivity contribution in [2.24, 2.45) is 10.1 Å². The predicted molar refractivity (Wildman–Crippen MR) is 188 cm³/mol. The van der Waals surface area contributed by atoms with Gasteiger partial charge >= 0.3 is 12.1 Å². The number of nitrogens with one attached hydrogen (secondary N) is 1. The summed E-state index contributed by atoms with van der Waals surface area (Å²) in [5.41, 5.74) is 0.324. The van der Waals surface area contributed by atoms with Crippen LogP contribution in [0.15, 0.2) is 82.2 Å². The smallest absolute Gasteiger partial charge is 0.411 e. The number of anilines is 1. The number of halogens is 2. The van der Waals surface area contributed by atoms with Crippen molar-refractivity contribution in [3.63, 3.8) is 0 Å². The van der Waals surface area contributed by atoms with Crippen molar-refractivity contribution in [1.29, 1.82) is 5.26 Å². The number of ether oxygens (including phenoxy) is 2. The van der Waals surface area contributed by atoms with Crippen LogP contribution in [0, 0.1) is 23.0 Å². The summed E-state index contributed by atoms with van der Waals surface area (Å²) in [5.74, 6) is -2.95. The Hall–Kier alpha value is -5.40. The standard InChI is InChI=1S/C36H35F2N7O5S/c1-23(33-42-32(19-51-33)26-11-9-25(18-39)10-12-26)36(48,29-17-27(37)13-14-30(29)38)20-45(22-40-21-41-45)15-16-49-35(47)43-31-8-6-5-7-28(31)34(44(3)4)50-24(2)46/h5-14,17,19,21-23,34,48H,15-16,20H2,1-4H3/p+1/t23-,34?,36+,45?/m0/s1. The SMILES string of the molecule is CC(=O)OC(c1ccccc1NC(=O)OCC[N+]1(C[C@](O)(c2cc(F)ccc2F)[C@@H](C)c2nc(-c3ccc(C#N)cc3)cs2)C=NC=N1)N(C)C. The molecule has 2 heterocycles. The van der Waals surface area contributed by atoms with Crippen LogP contribution in [0.25, 0.3) is 11.3 Å². The molecule has 1 aliphatic rings. The van der Waals surface area contributed by atoms with Gasteiger partial charge in [0.05, 0.1) is 28.0 Å². The van der Waals surface area contributed by atoms with Crippen LogP contribution in [0.5, 0.6) is 0 Å². The molecule has 0 spiro atoms. The number of carbonyl (C=O) groups is 2. The summed E-state index contributed by atoms with van der Waals surface area (Å²) in [5, 5.41) is 31.0. The van der Waals surface area contributed by atoms with Crippen LogP contribution in [0.3, 0.4) is 0 Å². The Bertz CT molecular complexity index is 1980. The Morgan fingerprint density at radius 2 is 1.88 bits per heavy atom. The molecule has 5 rings (SSSR count). The number of nitriles is 1. The lowest BCUT2D eigenvalue weighted by atomic mass is 9.81. The lowest BCUT2D eigenvalue weighted by Crippen LogP contribution is -2.54. The van der Waals surface area contributed by atoms with Crippen LogP contribution in [0.2, 0.25) is 0 Å². The topological polar surface area (TPSA) is 150 Å². The first-order valence-corrected chi connectivity index (χ1v) is 16.7. The lowest BCUT2D eigenvalue weighted by molar-refractivity contribution is -0.848. The molecular weight excluding hydrogens is 681 g/mol. The second kappa shape index (κ2) is 15.7. The summed E-state index contributed by atoms with van der Waals surface area (Å²) < 4.78 is 40.7. The molecule has 4 aromatic rings. The summed E-state index contributed by atoms with van der Waals surface area (Å²) in [4.78, 5) is 35.2. The number of aliphatic imine (C=N–C) groups is 1. The van der Waals surface area contributed by atoms with E-state index in [0.717, 1.165) is 23.8 Å². The summed E-state index contributed by atoms with van der Waals surface area (Å²) in [7, 11) is 3.45. The number of quaternary nitrogens is 1. The molecule has 0 bridgehead atoms. The average Bonchev–Trinajstić information content (AvgIpc) is 3.79. The van der Waals surface area contributed by atoms with Gasteiger partial charge < -0.3 is 14.6 Å². The molecule has 0 aliphatic carbocycles. The van der Waals surface area contributed by atoms with Crippen molar-refractivity contribution >= 4 is 41.8 Å². The minimum atomic E-state index is -2.08. The first-order chi connectivity index (χ1) is 24.3. The minimum Gasteiger partial charge on any atom is -0.443 e. The van der Waals surface area contributed by atoms with E-state index < -0.39 is 46.0 Å². The van der Waals surface area contributed by atoms with E-state index in [1.807, 2.05) is 0 Å². The molecule has 4 atom stereocenters. The van der Waals surface area contributed by atoms with Crippen molar-refractivity contribution in [3.8, 4) is 17.3 Å². The van der Waals surface area contributed by atoms with Gasteiger partial charge in [-0.05, 0) is 50.5 Å². The molecule has 51 heavy (non-hydrogen) atoms. The van der Waals surface area contributed by atoms with Crippen LogP contribution in [-0.2, 0) is 19.9 Å². The van der Waals surface area contributed by atoms with Gasteiger partial charge in [0.15, 0.2) is 18.2 Å². The van der Waals surface area contributed by atoms with E-state index in [1.165, 1.54) is 30.9 Å². The summed E-state index contributed by atoms with van der Waals surface area (Å²) in [6, 6.07) is 18.6. The van der Waals surface area contributed by atoms with Gasteiger partial charge in [0.2, 0.25) is 6.34 Å². The highest BCUT2D eigenvalue weighted by Gasteiger charge is 2.49. The van der Waals surface area contributed by atoms with E-state index in [9.17, 15) is 19.1 Å². The molecule has 2 N–H and O–H groups in total. The Kier molecular flexibility index (Phi) is 11.3. The average molecular weight is 717 g/mol. The van der Waals surface area contributed by atoms with E-state index >= 15 is 4.39 Å². The van der Waals surface area contributed by atoms with E-state index in [1.54, 1.807) is 79.8 Å². The van der Waals surface area contributed by atoms with E-state index in [4.69, 9.17) is 19.7 Å². The maximum atomic E-state index is 15.5. The molecule has 1 amide bonds. The summed E-state index contributed by atoms with van der Waals surface area (Å²) in [6.45, 7) is 2.40. The van der Waals surface area contributed by atoms with Crippen molar-refractivity contribution in [2.75, 3.05) is 39.1 Å². The van der Waals surface area contributed by atoms with Crippen molar-refractivity contribution in [2.45, 2.75) is 31.6 Å². The normalized spacial score (nSPS) is 17.4. The molecule has 0 radical (unpaired) electrons. The zero-order valence-electron chi connectivity index (χ0n) is 28.3. The van der Waals surface area contributed by atoms with Crippen molar-refractivity contribution in [3.05, 3.63) is 105 Å². The number of para-hydroxylation sites is 1. The van der Waals surface area contributed by atoms with Crippen LogP contribution < -0.4 is 5.32 Å². The van der Waals surface area contributed by atoms with Gasteiger partial charge in [0.1, 0.15) is 31.3 Å². The first-order valence-electron chi connectivity index (χ1n) is 15.8. The molecule has 15 heteroatoms. The minimum absolute atomic E-state index is 0.0246. The van der Waals surface area contributed by atoms with Gasteiger partial charge in [0.25, 0.3) is 0 Å². The zero-order valence-corrected chi connectivity index (χ0v) is 29.1. The number of carbonyl (C=O) groups excluding carboxylic acids is 2. The van der Waals surface area contributed by atoms with Gasteiger partial charge in [-0.3, -0.25) is 15.0 Å². The quantitative estimate of drug-likeness (QED) is 0.0955. The fourth-order valence-electron chi connectivity index (χ4n) is 5.71. The summed E-state index contributed by atoms with van der Waals surface area (Å²) >= 11 is 1.24. The number of thiazole rings is 1. The number of aromatic nitrogens is 1. The molecule has 3 aromatic carbocycles. The number of hydrogen-bond donors (Lipinski definition) is 2. The largest absolute Gasteiger partial charge is 0.443 e. The molecule has 12 nitrogen and oxygen atoms in total. The third-order valence-corrected chi connectivity index (χ3v) is 9.41. The van der Waals surface area contributed by atoms with Gasteiger partial charge in [-0.1, -0.05) is 42.4 Å². The second-order valence-corrected chi connectivity index (χ2v) is 13.1. The summed E-state index contributed by atoms with van der Waals surface area (Å²) in [6.07, 6.45) is 1.12. The Balaban J connectivity index is 1.37. The third-order valence-electron chi connectivity index (χ3n) is 8.38. The van der Waals surface area contributed by atoms with Crippen molar-refractivity contribution in [1.82, 2.24) is 9.88 Å². The Labute approximate surface area is 297 Å². The molecular formula is C36H36F2N7O5S+. The third kappa shape index (κ3) is 8.50. The highest BCUT2D eigenvalue weighted by Crippen LogP contribution is 2.42. The number of benzene rings is 3. The molecule has 1 aromatic heterocycles. The molecule has 0 saturated heterocycles. The maximum Gasteiger partial charge on any atom is 0.411 e. The maximum absolute atomic E-state index is 15.5. The molecule has 2 unspecified atom stereocenters. The zero-order chi connectivity index (χ0) is 36.8. The molecule has 264 valence electrons.